The van der Waals surface area contributed by atoms with Gasteiger partial charge in [0.15, 0.2) is 0 Å². The first kappa shape index (κ1) is 19.5. The quantitative estimate of drug-likeness (QED) is 0.615. The van der Waals surface area contributed by atoms with Crippen LogP contribution in [0.2, 0.25) is 0 Å². The molecule has 0 bridgehead atoms. The van der Waals surface area contributed by atoms with Gasteiger partial charge in [0.05, 0.1) is 11.5 Å². The molecule has 0 unspecified atom stereocenters. The van der Waals surface area contributed by atoms with Crippen molar-refractivity contribution in [1.82, 2.24) is 10.2 Å². The number of nitrogens with zero attached hydrogens (tertiary/aromatic N) is 2. The number of rotatable bonds is 6. The van der Waals surface area contributed by atoms with Crippen LogP contribution in [-0.4, -0.2) is 41.3 Å². The smallest absolute Gasteiger partial charge is 0.270 e. The number of non-ortho nitro benzene ring substituents is 1. The van der Waals surface area contributed by atoms with Crippen LogP contribution in [0.4, 0.5) is 5.69 Å². The zero-order chi connectivity index (χ0) is 19.9. The molecule has 3 rings (SSSR count). The molecule has 1 fully saturated rings. The molecule has 28 heavy (non-hydrogen) atoms. The van der Waals surface area contributed by atoms with E-state index in [1.165, 1.54) is 29.8 Å². The lowest BCUT2D eigenvalue weighted by molar-refractivity contribution is -0.384. The average Bonchev–Trinajstić information content (AvgIpc) is 2.73. The molecule has 1 aliphatic rings. The molecule has 2 amide bonds. The number of amides is 2. The van der Waals surface area contributed by atoms with Crippen LogP contribution in [0.15, 0.2) is 54.6 Å². The summed E-state index contributed by atoms with van der Waals surface area (Å²) in [6.07, 6.45) is 2.91. The first-order chi connectivity index (χ1) is 13.5. The van der Waals surface area contributed by atoms with Crippen LogP contribution in [0.3, 0.4) is 0 Å². The van der Waals surface area contributed by atoms with Crippen LogP contribution in [0.1, 0.15) is 28.8 Å². The van der Waals surface area contributed by atoms with E-state index in [1.54, 1.807) is 4.90 Å². The normalized spacial score (nSPS) is 14.5. The van der Waals surface area contributed by atoms with Crippen LogP contribution < -0.4 is 5.32 Å². The van der Waals surface area contributed by atoms with Gasteiger partial charge in [-0.2, -0.15) is 0 Å². The standard InChI is InChI=1S/C21H23N3O4/c25-20(15-22-21(26)18-7-4-8-19(14-18)24(27)28)23-11-9-17(10-12-23)13-16-5-2-1-3-6-16/h1-8,14,17H,9-13,15H2,(H,22,26). The monoisotopic (exact) mass is 381 g/mol. The van der Waals surface area contributed by atoms with Crippen molar-refractivity contribution in [2.45, 2.75) is 19.3 Å². The van der Waals surface area contributed by atoms with Crippen LogP contribution >= 0.6 is 0 Å². The molecule has 146 valence electrons. The average molecular weight is 381 g/mol. The third-order valence-corrected chi connectivity index (χ3v) is 5.05. The van der Waals surface area contributed by atoms with Gasteiger partial charge >= 0.3 is 0 Å². The van der Waals surface area contributed by atoms with E-state index >= 15 is 0 Å². The van der Waals surface area contributed by atoms with Crippen molar-refractivity contribution in [3.05, 3.63) is 75.8 Å². The number of hydrogen-bond acceptors (Lipinski definition) is 4. The molecule has 7 heteroatoms. The van der Waals surface area contributed by atoms with Gasteiger partial charge in [0.2, 0.25) is 5.91 Å². The van der Waals surface area contributed by atoms with E-state index in [0.29, 0.717) is 19.0 Å². The second-order valence-electron chi connectivity index (χ2n) is 7.00. The molecule has 1 heterocycles. The second kappa shape index (κ2) is 9.12. The Morgan fingerprint density at radius 2 is 1.79 bits per heavy atom. The van der Waals surface area contributed by atoms with Gasteiger partial charge in [-0.25, -0.2) is 0 Å². The first-order valence-corrected chi connectivity index (χ1v) is 9.37. The minimum absolute atomic E-state index is 0.106. The number of piperidine rings is 1. The summed E-state index contributed by atoms with van der Waals surface area (Å²) in [4.78, 5) is 36.6. The van der Waals surface area contributed by atoms with Crippen LogP contribution in [0, 0.1) is 16.0 Å². The maximum absolute atomic E-state index is 12.4. The van der Waals surface area contributed by atoms with Gasteiger partial charge in [-0.15, -0.1) is 0 Å². The summed E-state index contributed by atoms with van der Waals surface area (Å²) < 4.78 is 0. The predicted molar refractivity (Wildman–Crippen MR) is 105 cm³/mol. The molecular weight excluding hydrogens is 358 g/mol. The molecule has 0 saturated carbocycles. The Morgan fingerprint density at radius 3 is 2.46 bits per heavy atom. The maximum Gasteiger partial charge on any atom is 0.270 e. The van der Waals surface area contributed by atoms with E-state index in [-0.39, 0.29) is 23.7 Å². The van der Waals surface area contributed by atoms with Crippen molar-refractivity contribution in [2.75, 3.05) is 19.6 Å². The van der Waals surface area contributed by atoms with E-state index in [0.717, 1.165) is 19.3 Å². The number of nitrogens with one attached hydrogen (secondary N) is 1. The van der Waals surface area contributed by atoms with Crippen molar-refractivity contribution in [1.29, 1.82) is 0 Å². The predicted octanol–water partition coefficient (Wildman–Crippen LogP) is 2.81. The van der Waals surface area contributed by atoms with E-state index in [4.69, 9.17) is 0 Å². The minimum atomic E-state index is -0.554. The highest BCUT2D eigenvalue weighted by Crippen LogP contribution is 2.21. The third-order valence-electron chi connectivity index (χ3n) is 5.05. The summed E-state index contributed by atoms with van der Waals surface area (Å²) in [6.45, 7) is 1.26. The summed E-state index contributed by atoms with van der Waals surface area (Å²) >= 11 is 0. The number of likely N-dealkylation sites (tertiary alicyclic amines) is 1. The largest absolute Gasteiger partial charge is 0.343 e. The Hall–Kier alpha value is -3.22. The number of hydrogen-bond donors (Lipinski definition) is 1. The Morgan fingerprint density at radius 1 is 1.07 bits per heavy atom. The van der Waals surface area contributed by atoms with Gasteiger partial charge in [0.1, 0.15) is 0 Å². The van der Waals surface area contributed by atoms with Crippen molar-refractivity contribution in [3.63, 3.8) is 0 Å². The number of carbonyl (C=O) groups is 2. The number of nitro groups is 1. The molecule has 7 nitrogen and oxygen atoms in total. The SMILES string of the molecule is O=C(NCC(=O)N1CCC(Cc2ccccc2)CC1)c1cccc([N+](=O)[O-])c1. The van der Waals surface area contributed by atoms with E-state index in [2.05, 4.69) is 17.4 Å². The fourth-order valence-electron chi connectivity index (χ4n) is 3.46. The van der Waals surface area contributed by atoms with Crippen LogP contribution in [0.5, 0.6) is 0 Å². The summed E-state index contributed by atoms with van der Waals surface area (Å²) in [5, 5.41) is 13.4. The molecule has 0 spiro atoms. The second-order valence-corrected chi connectivity index (χ2v) is 7.00. The lowest BCUT2D eigenvalue weighted by Crippen LogP contribution is -2.44. The summed E-state index contributed by atoms with van der Waals surface area (Å²) in [6, 6.07) is 15.8. The molecule has 1 saturated heterocycles. The molecular formula is C21H23N3O4. The molecule has 0 radical (unpaired) electrons. The lowest BCUT2D eigenvalue weighted by Gasteiger charge is -2.32. The van der Waals surface area contributed by atoms with Crippen molar-refractivity contribution in [3.8, 4) is 0 Å². The minimum Gasteiger partial charge on any atom is -0.343 e. The van der Waals surface area contributed by atoms with Gasteiger partial charge in [0, 0.05) is 30.8 Å². The van der Waals surface area contributed by atoms with Crippen molar-refractivity contribution in [2.24, 2.45) is 5.92 Å². The maximum atomic E-state index is 12.4. The van der Waals surface area contributed by atoms with Crippen molar-refractivity contribution >= 4 is 17.5 Å². The molecule has 0 aromatic heterocycles. The molecule has 0 aliphatic carbocycles. The Balaban J connectivity index is 1.45. The van der Waals surface area contributed by atoms with Gasteiger partial charge in [0.25, 0.3) is 11.6 Å². The number of benzene rings is 2. The molecule has 1 aliphatic heterocycles. The van der Waals surface area contributed by atoms with Crippen LogP contribution in [0.25, 0.3) is 0 Å². The highest BCUT2D eigenvalue weighted by atomic mass is 16.6. The Bertz CT molecular complexity index is 846. The molecule has 2 aromatic carbocycles. The van der Waals surface area contributed by atoms with Crippen molar-refractivity contribution < 1.29 is 14.5 Å². The Labute approximate surface area is 163 Å². The highest BCUT2D eigenvalue weighted by molar-refractivity contribution is 5.96. The summed E-state index contributed by atoms with van der Waals surface area (Å²) in [7, 11) is 0. The fourth-order valence-corrected chi connectivity index (χ4v) is 3.46. The van der Waals surface area contributed by atoms with Gasteiger partial charge in [-0.05, 0) is 36.8 Å². The molecule has 0 atom stereocenters. The first-order valence-electron chi connectivity index (χ1n) is 9.37. The fraction of sp³-hybridized carbons (Fsp3) is 0.333. The zero-order valence-electron chi connectivity index (χ0n) is 15.5. The molecule has 2 aromatic rings. The van der Waals surface area contributed by atoms with Gasteiger partial charge < -0.3 is 10.2 Å². The zero-order valence-corrected chi connectivity index (χ0v) is 15.5. The van der Waals surface area contributed by atoms with E-state index < -0.39 is 10.8 Å². The Kier molecular flexibility index (Phi) is 6.37. The van der Waals surface area contributed by atoms with Gasteiger partial charge in [-0.3, -0.25) is 19.7 Å². The number of nitro benzene ring substituents is 1. The lowest BCUT2D eigenvalue weighted by atomic mass is 9.90. The van der Waals surface area contributed by atoms with Crippen LogP contribution in [-0.2, 0) is 11.2 Å². The highest BCUT2D eigenvalue weighted by Gasteiger charge is 2.23. The van der Waals surface area contributed by atoms with E-state index in [1.807, 2.05) is 18.2 Å². The van der Waals surface area contributed by atoms with E-state index in [9.17, 15) is 19.7 Å². The number of carbonyl (C=O) groups excluding carboxylic acids is 2. The topological polar surface area (TPSA) is 92.6 Å². The van der Waals surface area contributed by atoms with Gasteiger partial charge in [-0.1, -0.05) is 36.4 Å². The summed E-state index contributed by atoms with van der Waals surface area (Å²) in [5.41, 5.74) is 1.33. The third kappa shape index (κ3) is 5.16. The summed E-state index contributed by atoms with van der Waals surface area (Å²) in [5.74, 6) is -0.0566. The molecule has 1 N–H and O–H groups in total.